The molecule has 0 radical (unpaired) electrons. The molecule has 0 spiro atoms. The van der Waals surface area contributed by atoms with Crippen molar-refractivity contribution in [2.75, 3.05) is 0 Å². The standard InChI is InChI=1S/C54H49N3/c1-26-7-5-8-27(2)44(26)40-23-41(45-28(3)9-6-10-29(45)4)51-53-43(22-39(25-56)47-35-15-32-12-33(16-35)20-37(19-32)49(47)53)57-42-21-38(24-55)46-34-13-30-11-31(14-34)18-36(17-30)48(46)52(42)50(40)54(51)57/h5-10,21-23,30-37H,11-20H2,1-4H3. The number of hydrogen-bond donors (Lipinski definition) is 0. The summed E-state index contributed by atoms with van der Waals surface area (Å²) in [7, 11) is 0. The van der Waals surface area contributed by atoms with E-state index < -0.39 is 0 Å². The molecule has 0 N–H and O–H groups in total. The highest BCUT2D eigenvalue weighted by atomic mass is 14.9. The van der Waals surface area contributed by atoms with Gasteiger partial charge in [-0.25, -0.2) is 0 Å². The predicted octanol–water partition coefficient (Wildman–Crippen LogP) is 13.9. The van der Waals surface area contributed by atoms with Crippen LogP contribution in [0.25, 0.3) is 60.3 Å². The molecule has 2 heterocycles. The van der Waals surface area contributed by atoms with Crippen LogP contribution in [0.1, 0.15) is 144 Å². The number of fused-ring (bicyclic) bond motifs is 6. The summed E-state index contributed by atoms with van der Waals surface area (Å²) in [5.41, 5.74) is 21.9. The van der Waals surface area contributed by atoms with Crippen LogP contribution in [0.4, 0.5) is 0 Å². The molecule has 4 unspecified atom stereocenters. The Hall–Kier alpha value is -5.12. The van der Waals surface area contributed by atoms with E-state index in [2.05, 4.69) is 98.8 Å². The van der Waals surface area contributed by atoms with Crippen molar-refractivity contribution in [2.24, 2.45) is 23.7 Å². The van der Waals surface area contributed by atoms with Crippen molar-refractivity contribution < 1.29 is 0 Å². The summed E-state index contributed by atoms with van der Waals surface area (Å²) in [6, 6.07) is 26.5. The van der Waals surface area contributed by atoms with Gasteiger partial charge in [-0.05, 0) is 224 Å². The molecule has 2 aromatic heterocycles. The van der Waals surface area contributed by atoms with Crippen LogP contribution in [-0.4, -0.2) is 4.40 Å². The normalized spacial score (nSPS) is 28.0. The minimum absolute atomic E-state index is 0.465. The van der Waals surface area contributed by atoms with Crippen LogP contribution in [0.15, 0.2) is 54.6 Å². The summed E-state index contributed by atoms with van der Waals surface area (Å²) in [5, 5.41) is 27.9. The molecular formula is C54H49N3. The van der Waals surface area contributed by atoms with Gasteiger partial charge in [0.2, 0.25) is 0 Å². The van der Waals surface area contributed by atoms with E-state index in [1.165, 1.54) is 169 Å². The number of benzene rings is 5. The fourth-order valence-electron chi connectivity index (χ4n) is 15.5. The Labute approximate surface area is 335 Å². The van der Waals surface area contributed by atoms with Crippen molar-refractivity contribution in [3.63, 3.8) is 0 Å². The SMILES string of the molecule is Cc1cccc(C)c1-c1cc(-c2c(C)cccc2C)c2c3c4c(c(C#N)cc3n3c5cc(C#N)c6c(c5c1c23)C1CC2CC(CC6C2)C1)C1CC2CC(C1)CC4C2. The predicted molar refractivity (Wildman–Crippen MR) is 231 cm³/mol. The molecule has 8 aliphatic carbocycles. The zero-order valence-electron chi connectivity index (χ0n) is 33.7. The number of aryl methyl sites for hydroxylation is 4. The van der Waals surface area contributed by atoms with Gasteiger partial charge in [-0.15, -0.1) is 0 Å². The summed E-state index contributed by atoms with van der Waals surface area (Å²) in [5.74, 6) is 4.91. The molecule has 3 heteroatoms. The van der Waals surface area contributed by atoms with Crippen LogP contribution in [0, 0.1) is 74.0 Å². The van der Waals surface area contributed by atoms with E-state index in [0.29, 0.717) is 23.7 Å². The third kappa shape index (κ3) is 4.16. The van der Waals surface area contributed by atoms with Crippen LogP contribution in [0.2, 0.25) is 0 Å². The Morgan fingerprint density at radius 2 is 0.807 bits per heavy atom. The summed E-state index contributed by atoms with van der Waals surface area (Å²) in [4.78, 5) is 0. The van der Waals surface area contributed by atoms with Crippen molar-refractivity contribution in [1.29, 1.82) is 10.5 Å². The molecule has 0 aliphatic heterocycles. The lowest BCUT2D eigenvalue weighted by atomic mass is 9.67. The van der Waals surface area contributed by atoms with Crippen molar-refractivity contribution in [1.82, 2.24) is 4.40 Å². The zero-order chi connectivity index (χ0) is 38.2. The molecule has 5 aromatic carbocycles. The van der Waals surface area contributed by atoms with Gasteiger partial charge in [-0.1, -0.05) is 36.4 Å². The average Bonchev–Trinajstić information content (AvgIpc) is 3.56. The summed E-state index contributed by atoms with van der Waals surface area (Å²) in [6.07, 6.45) is 12.6. The van der Waals surface area contributed by atoms with Gasteiger partial charge in [0.25, 0.3) is 0 Å². The zero-order valence-corrected chi connectivity index (χ0v) is 33.7. The summed E-state index contributed by atoms with van der Waals surface area (Å²) < 4.78 is 2.61. The molecule has 8 bridgehead atoms. The van der Waals surface area contributed by atoms with Gasteiger partial charge in [0.15, 0.2) is 0 Å². The molecule has 4 saturated carbocycles. The van der Waals surface area contributed by atoms with Crippen LogP contribution in [-0.2, 0) is 0 Å². The van der Waals surface area contributed by atoms with Crippen LogP contribution in [0.5, 0.6) is 0 Å². The van der Waals surface area contributed by atoms with Gasteiger partial charge in [0, 0.05) is 21.5 Å². The first-order valence-electron chi connectivity index (χ1n) is 22.2. The lowest BCUT2D eigenvalue weighted by Gasteiger charge is -2.38. The number of hydrogen-bond acceptors (Lipinski definition) is 2. The molecule has 0 amide bonds. The fourth-order valence-corrected chi connectivity index (χ4v) is 15.5. The molecule has 7 aromatic rings. The first-order valence-corrected chi connectivity index (χ1v) is 22.2. The van der Waals surface area contributed by atoms with E-state index in [1.54, 1.807) is 0 Å². The number of nitrogens with zero attached hydrogens (tertiary/aromatic N) is 3. The largest absolute Gasteiger partial charge is 0.308 e. The summed E-state index contributed by atoms with van der Waals surface area (Å²) >= 11 is 0. The van der Waals surface area contributed by atoms with Crippen LogP contribution in [0.3, 0.4) is 0 Å². The summed E-state index contributed by atoms with van der Waals surface area (Å²) in [6.45, 7) is 9.20. The molecule has 3 nitrogen and oxygen atoms in total. The molecule has 4 fully saturated rings. The highest BCUT2D eigenvalue weighted by molar-refractivity contribution is 6.32. The lowest BCUT2D eigenvalue weighted by Crippen LogP contribution is -2.25. The molecule has 0 saturated heterocycles. The van der Waals surface area contributed by atoms with Gasteiger partial charge in [-0.2, -0.15) is 10.5 Å². The van der Waals surface area contributed by atoms with Crippen LogP contribution < -0.4 is 0 Å². The van der Waals surface area contributed by atoms with Crippen LogP contribution >= 0.6 is 0 Å². The quantitative estimate of drug-likeness (QED) is 0.177. The Bertz CT molecular complexity index is 2780. The van der Waals surface area contributed by atoms with E-state index in [4.69, 9.17) is 0 Å². The van der Waals surface area contributed by atoms with Gasteiger partial charge < -0.3 is 4.40 Å². The number of rotatable bonds is 2. The number of nitriles is 2. The maximum atomic E-state index is 11.1. The first kappa shape index (κ1) is 32.9. The van der Waals surface area contributed by atoms with Crippen molar-refractivity contribution in [3.8, 4) is 34.4 Å². The second-order valence-corrected chi connectivity index (χ2v) is 20.1. The molecule has 8 aliphatic rings. The van der Waals surface area contributed by atoms with Crippen molar-refractivity contribution in [3.05, 3.63) is 110 Å². The minimum Gasteiger partial charge on any atom is -0.308 e. The number of aromatic nitrogens is 1. The Kier molecular flexibility index (Phi) is 6.52. The second-order valence-electron chi connectivity index (χ2n) is 20.1. The molecule has 4 atom stereocenters. The monoisotopic (exact) mass is 739 g/mol. The topological polar surface area (TPSA) is 52.0 Å². The minimum atomic E-state index is 0.465. The Balaban J connectivity index is 1.32. The van der Waals surface area contributed by atoms with Crippen molar-refractivity contribution >= 4 is 38.1 Å². The average molecular weight is 740 g/mol. The van der Waals surface area contributed by atoms with E-state index in [1.807, 2.05) is 0 Å². The fraction of sp³-hybridized carbons (Fsp3) is 0.407. The van der Waals surface area contributed by atoms with Gasteiger partial charge in [-0.3, -0.25) is 0 Å². The smallest absolute Gasteiger partial charge is 0.0995 e. The van der Waals surface area contributed by atoms with Gasteiger partial charge in [0.05, 0.1) is 39.8 Å². The molecular weight excluding hydrogens is 691 g/mol. The molecule has 280 valence electrons. The third-order valence-electron chi connectivity index (χ3n) is 16.9. The maximum absolute atomic E-state index is 11.1. The van der Waals surface area contributed by atoms with Gasteiger partial charge in [0.1, 0.15) is 0 Å². The molecule has 57 heavy (non-hydrogen) atoms. The lowest BCUT2D eigenvalue weighted by molar-refractivity contribution is 0.166. The van der Waals surface area contributed by atoms with E-state index in [-0.39, 0.29) is 0 Å². The van der Waals surface area contributed by atoms with Crippen molar-refractivity contribution in [2.45, 2.75) is 116 Å². The Morgan fingerprint density at radius 3 is 1.16 bits per heavy atom. The second kappa shape index (κ2) is 11.3. The van der Waals surface area contributed by atoms with Gasteiger partial charge >= 0.3 is 0 Å². The third-order valence-corrected chi connectivity index (χ3v) is 16.9. The maximum Gasteiger partial charge on any atom is 0.0995 e. The van der Waals surface area contributed by atoms with E-state index in [0.717, 1.165) is 34.8 Å². The van der Waals surface area contributed by atoms with E-state index >= 15 is 0 Å². The van der Waals surface area contributed by atoms with E-state index in [9.17, 15) is 10.5 Å². The highest BCUT2D eigenvalue weighted by Crippen LogP contribution is 2.63. The molecule has 15 rings (SSSR count). The Morgan fingerprint density at radius 1 is 0.456 bits per heavy atom. The highest BCUT2D eigenvalue weighted by Gasteiger charge is 2.47. The first-order chi connectivity index (χ1) is 27.8.